The first kappa shape index (κ1) is 29.1. The molecule has 210 valence electrons. The van der Waals surface area contributed by atoms with Crippen molar-refractivity contribution in [1.29, 1.82) is 0 Å². The highest BCUT2D eigenvalue weighted by Crippen LogP contribution is 2.26. The van der Waals surface area contributed by atoms with E-state index in [0.717, 1.165) is 68.3 Å². The lowest BCUT2D eigenvalue weighted by molar-refractivity contribution is 0.717. The first-order chi connectivity index (χ1) is 20.5. The molecular formula is C40H40N2. The van der Waals surface area contributed by atoms with Crippen molar-refractivity contribution < 1.29 is 0 Å². The summed E-state index contributed by atoms with van der Waals surface area (Å²) in [6.07, 6.45) is 9.82. The topological polar surface area (TPSA) is 25.8 Å². The third-order valence-electron chi connectivity index (χ3n) is 7.88. The van der Waals surface area contributed by atoms with Gasteiger partial charge in [0.15, 0.2) is 0 Å². The number of aromatic nitrogens is 2. The fraction of sp³-hybridized carbons (Fsp3) is 0.300. The van der Waals surface area contributed by atoms with Crippen LogP contribution in [-0.4, -0.2) is 9.97 Å². The van der Waals surface area contributed by atoms with Gasteiger partial charge in [0.25, 0.3) is 0 Å². The zero-order valence-electron chi connectivity index (χ0n) is 25.5. The third-order valence-corrected chi connectivity index (χ3v) is 7.88. The Morgan fingerprint density at radius 3 is 1.29 bits per heavy atom. The molecule has 0 spiro atoms. The quantitative estimate of drug-likeness (QED) is 0.110. The summed E-state index contributed by atoms with van der Waals surface area (Å²) in [5.74, 6) is 13.4. The number of pyridine rings is 2. The first-order valence-corrected chi connectivity index (χ1v) is 15.5. The molecule has 0 unspecified atom stereocenters. The Labute approximate surface area is 251 Å². The molecule has 0 bridgehead atoms. The summed E-state index contributed by atoms with van der Waals surface area (Å²) >= 11 is 0. The average Bonchev–Trinajstić information content (AvgIpc) is 3.01. The lowest BCUT2D eigenvalue weighted by atomic mass is 10.0. The van der Waals surface area contributed by atoms with Crippen LogP contribution in [0.15, 0.2) is 72.8 Å². The minimum absolute atomic E-state index is 0.910. The normalized spacial score (nSPS) is 10.8. The Morgan fingerprint density at radius 2 is 0.905 bits per heavy atom. The molecule has 0 aliphatic rings. The molecule has 0 N–H and O–H groups in total. The van der Waals surface area contributed by atoms with E-state index in [2.05, 4.69) is 110 Å². The number of fused-ring (bicyclic) bond motifs is 3. The number of nitrogens with zero attached hydrogens (tertiary/aromatic N) is 2. The molecule has 0 fully saturated rings. The Balaban J connectivity index is 1.36. The predicted molar refractivity (Wildman–Crippen MR) is 178 cm³/mol. The van der Waals surface area contributed by atoms with E-state index in [1.807, 2.05) is 13.8 Å². The second-order valence-electron chi connectivity index (χ2n) is 11.3. The van der Waals surface area contributed by atoms with Crippen LogP contribution in [0.25, 0.3) is 21.8 Å². The van der Waals surface area contributed by atoms with Crippen LogP contribution in [-0.2, 0) is 12.8 Å². The summed E-state index contributed by atoms with van der Waals surface area (Å²) in [5, 5.41) is 2.10. The maximum atomic E-state index is 4.97. The van der Waals surface area contributed by atoms with E-state index in [9.17, 15) is 0 Å². The van der Waals surface area contributed by atoms with E-state index >= 15 is 0 Å². The van der Waals surface area contributed by atoms with Crippen molar-refractivity contribution in [2.75, 3.05) is 0 Å². The van der Waals surface area contributed by atoms with Crippen LogP contribution < -0.4 is 0 Å². The van der Waals surface area contributed by atoms with Crippen molar-refractivity contribution >= 4 is 21.8 Å². The van der Waals surface area contributed by atoms with E-state index in [4.69, 9.17) is 9.97 Å². The summed E-state index contributed by atoms with van der Waals surface area (Å²) in [6.45, 7) is 8.54. The van der Waals surface area contributed by atoms with Gasteiger partial charge in [-0.15, -0.1) is 0 Å². The van der Waals surface area contributed by atoms with Crippen molar-refractivity contribution in [3.05, 3.63) is 118 Å². The highest BCUT2D eigenvalue weighted by molar-refractivity contribution is 6.03. The van der Waals surface area contributed by atoms with Gasteiger partial charge in [0.2, 0.25) is 0 Å². The molecule has 0 aliphatic heterocycles. The molecule has 2 aromatic heterocycles. The number of hydrogen-bond acceptors (Lipinski definition) is 2. The second kappa shape index (κ2) is 14.0. The van der Waals surface area contributed by atoms with Crippen molar-refractivity contribution in [2.45, 2.75) is 79.1 Å². The molecule has 2 heterocycles. The van der Waals surface area contributed by atoms with Gasteiger partial charge in [0.1, 0.15) is 0 Å². The molecule has 0 radical (unpaired) electrons. The van der Waals surface area contributed by atoms with E-state index in [1.165, 1.54) is 49.7 Å². The summed E-state index contributed by atoms with van der Waals surface area (Å²) in [7, 11) is 0. The van der Waals surface area contributed by atoms with E-state index in [1.54, 1.807) is 0 Å². The fourth-order valence-electron chi connectivity index (χ4n) is 5.25. The maximum Gasteiger partial charge on any atom is 0.0968 e. The Morgan fingerprint density at radius 1 is 0.500 bits per heavy atom. The van der Waals surface area contributed by atoms with Crippen molar-refractivity contribution in [3.8, 4) is 23.7 Å². The van der Waals surface area contributed by atoms with Crippen LogP contribution in [0.5, 0.6) is 0 Å². The lowest BCUT2D eigenvalue weighted by Gasteiger charge is -2.08. The van der Waals surface area contributed by atoms with E-state index in [0.29, 0.717) is 0 Å². The molecular weight excluding hydrogens is 508 g/mol. The molecule has 3 aromatic carbocycles. The molecule has 42 heavy (non-hydrogen) atoms. The number of benzene rings is 3. The van der Waals surface area contributed by atoms with Gasteiger partial charge >= 0.3 is 0 Å². The SMILES string of the molecule is CCCCCc1ccc(C#Cc2cc3ccc4cc(C#Cc5ccc(CCCCC)cc5)c(C)nc4c3nc2C)cc1. The maximum absolute atomic E-state index is 4.97. The molecule has 0 amide bonds. The van der Waals surface area contributed by atoms with E-state index < -0.39 is 0 Å². The minimum Gasteiger partial charge on any atom is -0.250 e. The zero-order valence-corrected chi connectivity index (χ0v) is 25.5. The summed E-state index contributed by atoms with van der Waals surface area (Å²) in [5.41, 5.74) is 10.4. The highest BCUT2D eigenvalue weighted by atomic mass is 14.8. The smallest absolute Gasteiger partial charge is 0.0968 e. The van der Waals surface area contributed by atoms with Crippen LogP contribution in [0.4, 0.5) is 0 Å². The van der Waals surface area contributed by atoms with E-state index in [-0.39, 0.29) is 0 Å². The standard InChI is InChI=1S/C40H40N2/c1-5-7-9-11-31-13-17-33(18-14-31)21-23-35-27-37-25-26-38-28-36(30(4)42-40(38)39(37)41-29(35)3)24-22-34-19-15-32(16-20-34)12-10-8-6-2/h13-20,25-28H,5-12H2,1-4H3. The van der Waals surface area contributed by atoms with Gasteiger partial charge in [0.05, 0.1) is 22.4 Å². The summed E-state index contributed by atoms with van der Waals surface area (Å²) in [6, 6.07) is 25.8. The Hall–Kier alpha value is -4.40. The van der Waals surface area contributed by atoms with Crippen LogP contribution >= 0.6 is 0 Å². The molecule has 5 rings (SSSR count). The van der Waals surface area contributed by atoms with Gasteiger partial charge in [-0.05, 0) is 87.1 Å². The molecule has 0 saturated carbocycles. The van der Waals surface area contributed by atoms with Crippen molar-refractivity contribution in [1.82, 2.24) is 9.97 Å². The second-order valence-corrected chi connectivity index (χ2v) is 11.3. The van der Waals surface area contributed by atoms with Gasteiger partial charge < -0.3 is 0 Å². The third kappa shape index (κ3) is 7.26. The molecule has 2 nitrogen and oxygen atoms in total. The number of aryl methyl sites for hydroxylation is 4. The van der Waals surface area contributed by atoms with Gasteiger partial charge in [-0.25, -0.2) is 9.97 Å². The van der Waals surface area contributed by atoms with Gasteiger partial charge in [-0.1, -0.05) is 99.6 Å². The van der Waals surface area contributed by atoms with Gasteiger partial charge in [-0.2, -0.15) is 0 Å². The average molecular weight is 549 g/mol. The number of unbranched alkanes of at least 4 members (excludes halogenated alkanes) is 4. The molecule has 0 atom stereocenters. The van der Waals surface area contributed by atoms with Gasteiger partial charge in [-0.3, -0.25) is 0 Å². The number of hydrogen-bond donors (Lipinski definition) is 0. The van der Waals surface area contributed by atoms with Gasteiger partial charge in [0, 0.05) is 33.0 Å². The summed E-state index contributed by atoms with van der Waals surface area (Å²) in [4.78, 5) is 9.94. The lowest BCUT2D eigenvalue weighted by Crippen LogP contribution is -1.95. The van der Waals surface area contributed by atoms with Crippen LogP contribution in [0.1, 0.15) is 97.1 Å². The largest absolute Gasteiger partial charge is 0.250 e. The Bertz CT molecular complexity index is 1670. The first-order valence-electron chi connectivity index (χ1n) is 15.5. The summed E-state index contributed by atoms with van der Waals surface area (Å²) < 4.78 is 0. The number of rotatable bonds is 8. The molecule has 0 aliphatic carbocycles. The van der Waals surface area contributed by atoms with Crippen molar-refractivity contribution in [3.63, 3.8) is 0 Å². The van der Waals surface area contributed by atoms with Crippen LogP contribution in [0, 0.1) is 37.5 Å². The predicted octanol–water partition coefficient (Wildman–Crippen LogP) is 9.66. The van der Waals surface area contributed by atoms with Crippen molar-refractivity contribution in [2.24, 2.45) is 0 Å². The molecule has 0 saturated heterocycles. The van der Waals surface area contributed by atoms with Crippen LogP contribution in [0.3, 0.4) is 0 Å². The Kier molecular flexibility index (Phi) is 9.69. The zero-order chi connectivity index (χ0) is 29.3. The monoisotopic (exact) mass is 548 g/mol. The minimum atomic E-state index is 0.910. The molecule has 2 heteroatoms. The fourth-order valence-corrected chi connectivity index (χ4v) is 5.25. The highest BCUT2D eigenvalue weighted by Gasteiger charge is 2.09. The van der Waals surface area contributed by atoms with Crippen LogP contribution in [0.2, 0.25) is 0 Å². The molecule has 5 aromatic rings.